The molecule has 0 radical (unpaired) electrons. The van der Waals surface area contributed by atoms with Crippen molar-refractivity contribution < 1.29 is 13.9 Å². The Hall–Kier alpha value is -1.51. The minimum absolute atomic E-state index is 0.314. The predicted octanol–water partition coefficient (Wildman–Crippen LogP) is 2.24. The van der Waals surface area contributed by atoms with Crippen molar-refractivity contribution in [3.05, 3.63) is 29.6 Å². The van der Waals surface area contributed by atoms with E-state index in [9.17, 15) is 4.39 Å². The van der Waals surface area contributed by atoms with E-state index in [4.69, 9.17) is 9.47 Å². The molecular formula is C10H9FO2. The lowest BCUT2D eigenvalue weighted by atomic mass is 10.1. The lowest BCUT2D eigenvalue weighted by molar-refractivity contribution is 0.321. The van der Waals surface area contributed by atoms with Crippen molar-refractivity contribution in [1.82, 2.24) is 0 Å². The Morgan fingerprint density at radius 3 is 3.08 bits per heavy atom. The van der Waals surface area contributed by atoms with Gasteiger partial charge in [-0.15, -0.1) is 0 Å². The lowest BCUT2D eigenvalue weighted by Crippen LogP contribution is -2.02. The summed E-state index contributed by atoms with van der Waals surface area (Å²) in [6.45, 7) is 0.509. The van der Waals surface area contributed by atoms with Crippen molar-refractivity contribution in [2.24, 2.45) is 0 Å². The van der Waals surface area contributed by atoms with E-state index in [0.717, 1.165) is 5.56 Å². The van der Waals surface area contributed by atoms with E-state index in [-0.39, 0.29) is 5.82 Å². The fourth-order valence-corrected chi connectivity index (χ4v) is 1.33. The van der Waals surface area contributed by atoms with Crippen molar-refractivity contribution >= 4 is 6.08 Å². The highest BCUT2D eigenvalue weighted by molar-refractivity contribution is 5.64. The van der Waals surface area contributed by atoms with E-state index < -0.39 is 0 Å². The van der Waals surface area contributed by atoms with Crippen LogP contribution in [0.15, 0.2) is 18.2 Å². The van der Waals surface area contributed by atoms with E-state index in [1.807, 2.05) is 12.2 Å². The zero-order valence-corrected chi connectivity index (χ0v) is 7.21. The number of fused-ring (bicyclic) bond motifs is 1. The highest BCUT2D eigenvalue weighted by atomic mass is 19.1. The maximum Gasteiger partial charge on any atom is 0.169 e. The second-order valence-corrected chi connectivity index (χ2v) is 2.74. The zero-order chi connectivity index (χ0) is 9.26. The van der Waals surface area contributed by atoms with Crippen LogP contribution in [-0.4, -0.2) is 13.7 Å². The van der Waals surface area contributed by atoms with Crippen molar-refractivity contribution in [2.75, 3.05) is 13.7 Å². The molecule has 0 atom stereocenters. The van der Waals surface area contributed by atoms with Gasteiger partial charge in [0.15, 0.2) is 11.5 Å². The molecule has 0 spiro atoms. The van der Waals surface area contributed by atoms with Crippen LogP contribution in [0, 0.1) is 5.82 Å². The molecule has 0 fully saturated rings. The highest BCUT2D eigenvalue weighted by Gasteiger charge is 2.13. The van der Waals surface area contributed by atoms with Crippen LogP contribution in [0.4, 0.5) is 4.39 Å². The molecule has 0 saturated heterocycles. The molecule has 0 unspecified atom stereocenters. The molecule has 1 heterocycles. The van der Waals surface area contributed by atoms with Gasteiger partial charge in [-0.05, 0) is 12.1 Å². The van der Waals surface area contributed by atoms with Crippen LogP contribution in [0.3, 0.4) is 0 Å². The van der Waals surface area contributed by atoms with Crippen LogP contribution in [0.1, 0.15) is 5.56 Å². The number of benzene rings is 1. The van der Waals surface area contributed by atoms with Crippen molar-refractivity contribution in [2.45, 2.75) is 0 Å². The first kappa shape index (κ1) is 8.10. The van der Waals surface area contributed by atoms with Gasteiger partial charge in [0.1, 0.15) is 12.4 Å². The normalized spacial score (nSPS) is 13.4. The number of rotatable bonds is 1. The van der Waals surface area contributed by atoms with Crippen LogP contribution < -0.4 is 9.47 Å². The third kappa shape index (κ3) is 1.37. The average Bonchev–Trinajstić information content (AvgIpc) is 2.16. The predicted molar refractivity (Wildman–Crippen MR) is 47.5 cm³/mol. The third-order valence-corrected chi connectivity index (χ3v) is 1.89. The summed E-state index contributed by atoms with van der Waals surface area (Å²) in [5, 5.41) is 0. The van der Waals surface area contributed by atoms with Crippen LogP contribution in [0.5, 0.6) is 11.5 Å². The standard InChI is InChI=1S/C10H9FO2/c1-12-9-6-8(11)5-7-3-2-4-13-10(7)9/h2-3,5-6H,4H2,1H3. The van der Waals surface area contributed by atoms with Gasteiger partial charge in [-0.3, -0.25) is 0 Å². The molecule has 0 saturated carbocycles. The molecule has 1 aliphatic rings. The number of hydrogen-bond donors (Lipinski definition) is 0. The van der Waals surface area contributed by atoms with Crippen molar-refractivity contribution in [3.63, 3.8) is 0 Å². The molecule has 1 aromatic rings. The topological polar surface area (TPSA) is 18.5 Å². The molecule has 68 valence electrons. The van der Waals surface area contributed by atoms with Crippen molar-refractivity contribution in [3.8, 4) is 11.5 Å². The summed E-state index contributed by atoms with van der Waals surface area (Å²) in [6.07, 6.45) is 3.66. The summed E-state index contributed by atoms with van der Waals surface area (Å²) in [7, 11) is 1.50. The molecule has 2 nitrogen and oxygen atoms in total. The van der Waals surface area contributed by atoms with Crippen LogP contribution in [0.2, 0.25) is 0 Å². The average molecular weight is 180 g/mol. The Balaban J connectivity index is 2.58. The van der Waals surface area contributed by atoms with Gasteiger partial charge < -0.3 is 9.47 Å². The van der Waals surface area contributed by atoms with E-state index >= 15 is 0 Å². The van der Waals surface area contributed by atoms with Gasteiger partial charge in [-0.1, -0.05) is 6.08 Å². The van der Waals surface area contributed by atoms with Crippen LogP contribution in [-0.2, 0) is 0 Å². The van der Waals surface area contributed by atoms with Gasteiger partial charge in [0.05, 0.1) is 7.11 Å². The number of hydrogen-bond acceptors (Lipinski definition) is 2. The van der Waals surface area contributed by atoms with Gasteiger partial charge in [-0.2, -0.15) is 0 Å². The maximum atomic E-state index is 13.0. The smallest absolute Gasteiger partial charge is 0.169 e. The first-order valence-corrected chi connectivity index (χ1v) is 3.98. The summed E-state index contributed by atoms with van der Waals surface area (Å²) in [6, 6.07) is 2.74. The summed E-state index contributed by atoms with van der Waals surface area (Å²) in [5.41, 5.74) is 0.725. The molecule has 0 amide bonds. The lowest BCUT2D eigenvalue weighted by Gasteiger charge is -2.15. The Bertz CT molecular complexity index is 358. The van der Waals surface area contributed by atoms with Gasteiger partial charge in [0.25, 0.3) is 0 Å². The summed E-state index contributed by atoms with van der Waals surface area (Å²) < 4.78 is 23.3. The third-order valence-electron chi connectivity index (χ3n) is 1.89. The molecule has 13 heavy (non-hydrogen) atoms. The Kier molecular flexibility index (Phi) is 1.93. The molecule has 0 aliphatic carbocycles. The van der Waals surface area contributed by atoms with E-state index in [1.54, 1.807) is 0 Å². The molecule has 0 bridgehead atoms. The van der Waals surface area contributed by atoms with Gasteiger partial charge in [-0.25, -0.2) is 4.39 Å². The second-order valence-electron chi connectivity index (χ2n) is 2.74. The Labute approximate surface area is 75.6 Å². The van der Waals surface area contributed by atoms with Gasteiger partial charge in [0, 0.05) is 11.6 Å². The number of halogens is 1. The highest BCUT2D eigenvalue weighted by Crippen LogP contribution is 2.34. The van der Waals surface area contributed by atoms with Gasteiger partial charge >= 0.3 is 0 Å². The second kappa shape index (κ2) is 3.09. The van der Waals surface area contributed by atoms with E-state index in [0.29, 0.717) is 18.1 Å². The van der Waals surface area contributed by atoms with E-state index in [1.165, 1.54) is 19.2 Å². The Morgan fingerprint density at radius 2 is 2.31 bits per heavy atom. The van der Waals surface area contributed by atoms with Crippen molar-refractivity contribution in [1.29, 1.82) is 0 Å². The van der Waals surface area contributed by atoms with Crippen LogP contribution >= 0.6 is 0 Å². The minimum Gasteiger partial charge on any atom is -0.493 e. The van der Waals surface area contributed by atoms with Crippen LogP contribution in [0.25, 0.3) is 6.08 Å². The quantitative estimate of drug-likeness (QED) is 0.659. The van der Waals surface area contributed by atoms with E-state index in [2.05, 4.69) is 0 Å². The molecule has 0 N–H and O–H groups in total. The largest absolute Gasteiger partial charge is 0.493 e. The molecule has 1 aliphatic heterocycles. The fourth-order valence-electron chi connectivity index (χ4n) is 1.33. The molecule has 1 aromatic carbocycles. The summed E-state index contributed by atoms with van der Waals surface area (Å²) >= 11 is 0. The number of methoxy groups -OCH3 is 1. The molecule has 3 heteroatoms. The summed E-state index contributed by atoms with van der Waals surface area (Å²) in [5.74, 6) is 0.747. The first-order chi connectivity index (χ1) is 6.31. The molecular weight excluding hydrogens is 171 g/mol. The molecule has 2 rings (SSSR count). The fraction of sp³-hybridized carbons (Fsp3) is 0.200. The summed E-state index contributed by atoms with van der Waals surface area (Å²) in [4.78, 5) is 0. The molecule has 0 aromatic heterocycles. The zero-order valence-electron chi connectivity index (χ0n) is 7.21. The van der Waals surface area contributed by atoms with Gasteiger partial charge in [0.2, 0.25) is 0 Å². The SMILES string of the molecule is COc1cc(F)cc2c1OCC=C2. The number of ether oxygens (including phenoxy) is 2. The monoisotopic (exact) mass is 180 g/mol. The minimum atomic E-state index is -0.314. The Morgan fingerprint density at radius 1 is 1.46 bits per heavy atom. The maximum absolute atomic E-state index is 13.0. The first-order valence-electron chi connectivity index (χ1n) is 3.98.